The number of rotatable bonds is 3. The zero-order valence-electron chi connectivity index (χ0n) is 10.9. The van der Waals surface area contributed by atoms with Crippen LogP contribution in [0, 0.1) is 6.92 Å². The fourth-order valence-electron chi connectivity index (χ4n) is 2.42. The summed E-state index contributed by atoms with van der Waals surface area (Å²) in [6, 6.07) is 6.57. The minimum Gasteiger partial charge on any atom is -0.371 e. The molecule has 0 N–H and O–H groups in total. The van der Waals surface area contributed by atoms with Gasteiger partial charge in [0.1, 0.15) is 18.3 Å². The highest BCUT2D eigenvalue weighted by Crippen LogP contribution is 2.33. The minimum absolute atomic E-state index is 0.0863. The number of ether oxygens (including phenoxy) is 2. The zero-order valence-corrected chi connectivity index (χ0v) is 13.3. The van der Waals surface area contributed by atoms with Crippen LogP contribution < -0.4 is 0 Å². The monoisotopic (exact) mass is 362 g/mol. The van der Waals surface area contributed by atoms with Crippen molar-refractivity contribution in [2.24, 2.45) is 0 Å². The largest absolute Gasteiger partial charge is 0.371 e. The Labute approximate surface area is 126 Å². The fraction of sp³-hybridized carbons (Fsp3) is 0.538. The van der Waals surface area contributed by atoms with Gasteiger partial charge in [-0.05, 0) is 19.1 Å². The summed E-state index contributed by atoms with van der Waals surface area (Å²) in [5.41, 5.74) is 0.995. The first-order valence-corrected chi connectivity index (χ1v) is 8.67. The second-order valence-corrected chi connectivity index (χ2v) is 7.76. The summed E-state index contributed by atoms with van der Waals surface area (Å²) in [6.45, 7) is 2.62. The zero-order chi connectivity index (χ0) is 14.3. The molecular weight excluding hydrogens is 348 g/mol. The van der Waals surface area contributed by atoms with E-state index in [-0.39, 0.29) is 28.5 Å². The number of aryl methyl sites for hydroxylation is 1. The van der Waals surface area contributed by atoms with E-state index in [9.17, 15) is 8.42 Å². The van der Waals surface area contributed by atoms with Gasteiger partial charge in [0, 0.05) is 0 Å². The van der Waals surface area contributed by atoms with Crippen LogP contribution in [0.1, 0.15) is 5.56 Å². The molecule has 2 saturated heterocycles. The molecule has 4 atom stereocenters. The normalized spacial score (nSPS) is 33.3. The maximum absolute atomic E-state index is 12.2. The Morgan fingerprint density at radius 2 is 1.80 bits per heavy atom. The van der Waals surface area contributed by atoms with Gasteiger partial charge in [-0.1, -0.05) is 33.6 Å². The van der Waals surface area contributed by atoms with Gasteiger partial charge in [-0.3, -0.25) is 4.18 Å². The lowest BCUT2D eigenvalue weighted by molar-refractivity contribution is 0.0337. The van der Waals surface area contributed by atoms with E-state index in [2.05, 4.69) is 15.9 Å². The van der Waals surface area contributed by atoms with Gasteiger partial charge in [0.15, 0.2) is 0 Å². The van der Waals surface area contributed by atoms with E-state index < -0.39 is 16.2 Å². The van der Waals surface area contributed by atoms with Crippen LogP contribution in [-0.4, -0.2) is 44.8 Å². The van der Waals surface area contributed by atoms with E-state index in [1.165, 1.54) is 0 Å². The molecule has 1 aromatic carbocycles. The summed E-state index contributed by atoms with van der Waals surface area (Å²) < 4.78 is 40.8. The van der Waals surface area contributed by atoms with E-state index in [4.69, 9.17) is 13.7 Å². The van der Waals surface area contributed by atoms with Gasteiger partial charge < -0.3 is 9.47 Å². The number of halogens is 1. The van der Waals surface area contributed by atoms with E-state index in [0.717, 1.165) is 5.56 Å². The van der Waals surface area contributed by atoms with E-state index >= 15 is 0 Å². The summed E-state index contributed by atoms with van der Waals surface area (Å²) in [5, 5.41) is 0. The molecule has 2 aliphatic rings. The van der Waals surface area contributed by atoms with Gasteiger partial charge in [-0.2, -0.15) is 8.42 Å². The fourth-order valence-corrected chi connectivity index (χ4v) is 4.10. The maximum atomic E-state index is 12.2. The van der Waals surface area contributed by atoms with Crippen LogP contribution in [0.15, 0.2) is 29.2 Å². The second kappa shape index (κ2) is 5.38. The van der Waals surface area contributed by atoms with E-state index in [1.54, 1.807) is 24.3 Å². The van der Waals surface area contributed by atoms with Crippen molar-refractivity contribution in [1.82, 2.24) is 0 Å². The van der Waals surface area contributed by atoms with Gasteiger partial charge in [0.25, 0.3) is 10.1 Å². The van der Waals surface area contributed by atoms with Crippen LogP contribution in [0.4, 0.5) is 0 Å². The Bertz CT molecular complexity index is 585. The van der Waals surface area contributed by atoms with Crippen LogP contribution in [0.2, 0.25) is 0 Å². The lowest BCUT2D eigenvalue weighted by Crippen LogP contribution is -2.33. The summed E-state index contributed by atoms with van der Waals surface area (Å²) in [4.78, 5) is 0.239. The lowest BCUT2D eigenvalue weighted by atomic mass is 10.1. The molecule has 3 unspecified atom stereocenters. The van der Waals surface area contributed by atoms with Crippen molar-refractivity contribution in [3.63, 3.8) is 0 Å². The minimum atomic E-state index is -3.79. The smallest absolute Gasteiger partial charge is 0.297 e. The van der Waals surface area contributed by atoms with Crippen molar-refractivity contribution < 1.29 is 22.1 Å². The molecule has 7 heteroatoms. The molecule has 0 radical (unpaired) electrons. The average Bonchev–Trinajstić information content (AvgIpc) is 2.95. The summed E-state index contributed by atoms with van der Waals surface area (Å²) in [7, 11) is -3.79. The van der Waals surface area contributed by atoms with Gasteiger partial charge in [0.2, 0.25) is 0 Å². The molecule has 0 bridgehead atoms. The third-order valence-electron chi connectivity index (χ3n) is 3.51. The number of hydrogen-bond acceptors (Lipinski definition) is 5. The molecule has 3 rings (SSSR count). The molecule has 0 amide bonds. The lowest BCUT2D eigenvalue weighted by Gasteiger charge is -2.16. The molecule has 2 fully saturated rings. The first kappa shape index (κ1) is 14.5. The second-order valence-electron chi connectivity index (χ2n) is 5.01. The van der Waals surface area contributed by atoms with Crippen molar-refractivity contribution in [2.75, 3.05) is 13.2 Å². The average molecular weight is 363 g/mol. The summed E-state index contributed by atoms with van der Waals surface area (Å²) >= 11 is 3.45. The van der Waals surface area contributed by atoms with E-state index in [1.807, 2.05) is 6.92 Å². The van der Waals surface area contributed by atoms with Gasteiger partial charge >= 0.3 is 0 Å². The molecule has 0 spiro atoms. The van der Waals surface area contributed by atoms with Crippen LogP contribution in [0.5, 0.6) is 0 Å². The van der Waals surface area contributed by atoms with Gasteiger partial charge in [-0.25, -0.2) is 0 Å². The SMILES string of the molecule is Cc1ccc(S(=O)(=O)OC2CO[C@@H]3C(Br)COC23)cc1. The number of alkyl halides is 1. The third kappa shape index (κ3) is 2.65. The van der Waals surface area contributed by atoms with Crippen molar-refractivity contribution in [3.8, 4) is 0 Å². The molecule has 2 aliphatic heterocycles. The van der Waals surface area contributed by atoms with Crippen LogP contribution >= 0.6 is 15.9 Å². The molecule has 5 nitrogen and oxygen atoms in total. The first-order valence-electron chi connectivity index (χ1n) is 6.34. The molecule has 0 saturated carbocycles. The van der Waals surface area contributed by atoms with Crippen molar-refractivity contribution in [1.29, 1.82) is 0 Å². The summed E-state index contributed by atoms with van der Waals surface area (Å²) in [5.74, 6) is 0. The molecule has 1 aromatic rings. The highest BCUT2D eigenvalue weighted by Gasteiger charge is 2.49. The van der Waals surface area contributed by atoms with Gasteiger partial charge in [0.05, 0.1) is 22.9 Å². The Kier molecular flexibility index (Phi) is 3.89. The molecular formula is C13H15BrO5S. The maximum Gasteiger partial charge on any atom is 0.297 e. The Balaban J connectivity index is 1.76. The van der Waals surface area contributed by atoms with Crippen molar-refractivity contribution in [3.05, 3.63) is 29.8 Å². The topological polar surface area (TPSA) is 61.8 Å². The first-order chi connectivity index (χ1) is 9.47. The predicted octanol–water partition coefficient (Wildman–Crippen LogP) is 1.63. The van der Waals surface area contributed by atoms with Crippen molar-refractivity contribution in [2.45, 2.75) is 35.0 Å². The highest BCUT2D eigenvalue weighted by atomic mass is 79.9. The molecule has 0 aromatic heterocycles. The standard InChI is InChI=1S/C13H15BrO5S/c1-8-2-4-9(5-3-8)20(15,16)19-11-7-18-12-10(14)6-17-13(11)12/h2-5,10-13H,6-7H2,1H3/t10?,11?,12-,13?/m1/s1. The van der Waals surface area contributed by atoms with Crippen LogP contribution in [0.25, 0.3) is 0 Å². The number of hydrogen-bond donors (Lipinski definition) is 0. The summed E-state index contributed by atoms with van der Waals surface area (Å²) in [6.07, 6.45) is -1.07. The Morgan fingerprint density at radius 3 is 2.50 bits per heavy atom. The molecule has 110 valence electrons. The Hall–Kier alpha value is -0.470. The van der Waals surface area contributed by atoms with Crippen molar-refractivity contribution >= 4 is 26.0 Å². The molecule has 2 heterocycles. The van der Waals surface area contributed by atoms with Crippen LogP contribution in [-0.2, 0) is 23.8 Å². The third-order valence-corrected chi connectivity index (χ3v) is 5.64. The molecule has 20 heavy (non-hydrogen) atoms. The van der Waals surface area contributed by atoms with Crippen LogP contribution in [0.3, 0.4) is 0 Å². The van der Waals surface area contributed by atoms with E-state index in [0.29, 0.717) is 6.61 Å². The Morgan fingerprint density at radius 1 is 1.15 bits per heavy atom. The quantitative estimate of drug-likeness (QED) is 0.604. The highest BCUT2D eigenvalue weighted by molar-refractivity contribution is 9.09. The molecule has 0 aliphatic carbocycles. The predicted molar refractivity (Wildman–Crippen MR) is 75.4 cm³/mol. The number of fused-ring (bicyclic) bond motifs is 1. The number of benzene rings is 1. The van der Waals surface area contributed by atoms with Gasteiger partial charge in [-0.15, -0.1) is 0 Å².